The molecule has 2 heteroatoms. The molecule has 1 aromatic rings. The maximum absolute atomic E-state index is 4.85. The monoisotopic (exact) mass is 164 g/mol. The molecule has 2 rings (SSSR count). The molecule has 0 spiro atoms. The van der Waals surface area contributed by atoms with Gasteiger partial charge in [-0.3, -0.25) is 0 Å². The van der Waals surface area contributed by atoms with Gasteiger partial charge in [-0.2, -0.15) is 0 Å². The Morgan fingerprint density at radius 2 is 2.42 bits per heavy atom. The minimum absolute atomic E-state index is 0.616. The van der Waals surface area contributed by atoms with Crippen molar-refractivity contribution in [3.8, 4) is 0 Å². The molecule has 12 heavy (non-hydrogen) atoms. The lowest BCUT2D eigenvalue weighted by molar-refractivity contribution is 0.415. The average Bonchev–Trinajstić information content (AvgIpc) is 2.57. The Labute approximate surface area is 72.9 Å². The number of nitrogens with zero attached hydrogens (tertiary/aromatic N) is 1. The van der Waals surface area contributed by atoms with E-state index in [4.69, 9.17) is 4.52 Å². The summed E-state index contributed by atoms with van der Waals surface area (Å²) in [5, 5.41) is 3.74. The number of hydrogen-bond acceptors (Lipinski definition) is 2. The van der Waals surface area contributed by atoms with Crippen LogP contribution in [0.5, 0.6) is 0 Å². The second-order valence-corrected chi connectivity index (χ2v) is 3.60. The van der Waals surface area contributed by atoms with E-state index in [1.807, 2.05) is 6.20 Å². The Balaban J connectivity index is 2.11. The van der Waals surface area contributed by atoms with Crippen LogP contribution in [-0.4, -0.2) is 5.16 Å². The molecule has 0 aliphatic heterocycles. The second kappa shape index (κ2) is 3.30. The summed E-state index contributed by atoms with van der Waals surface area (Å²) >= 11 is 0. The highest BCUT2D eigenvalue weighted by Crippen LogP contribution is 2.38. The van der Waals surface area contributed by atoms with Crippen LogP contribution < -0.4 is 0 Å². The van der Waals surface area contributed by atoms with Crippen molar-refractivity contribution in [1.29, 1.82) is 0 Å². The lowest BCUT2D eigenvalue weighted by Gasteiger charge is -2.26. The molecule has 65 valence electrons. The van der Waals surface area contributed by atoms with Crippen LogP contribution in [0, 0.1) is 5.92 Å². The molecule has 0 saturated heterocycles. The van der Waals surface area contributed by atoms with Crippen molar-refractivity contribution in [1.82, 2.24) is 5.16 Å². The predicted molar refractivity (Wildman–Crippen MR) is 46.6 cm³/mol. The topological polar surface area (TPSA) is 26.0 Å². The number of aromatic nitrogens is 1. The second-order valence-electron chi connectivity index (χ2n) is 3.60. The molecule has 1 saturated carbocycles. The van der Waals surface area contributed by atoms with Crippen molar-refractivity contribution >= 4 is 0 Å². The highest BCUT2D eigenvalue weighted by atomic mass is 16.5. The fraction of sp³-hybridized carbons (Fsp3) is 0.600. The first-order valence-electron chi connectivity index (χ1n) is 4.59. The van der Waals surface area contributed by atoms with Gasteiger partial charge in [0.15, 0.2) is 0 Å². The summed E-state index contributed by atoms with van der Waals surface area (Å²) in [4.78, 5) is 0. The van der Waals surface area contributed by atoms with Crippen LogP contribution in [0.3, 0.4) is 0 Å². The summed E-state index contributed by atoms with van der Waals surface area (Å²) < 4.78 is 4.85. The van der Waals surface area contributed by atoms with Gasteiger partial charge in [0.25, 0.3) is 0 Å². The van der Waals surface area contributed by atoms with Crippen molar-refractivity contribution < 1.29 is 4.52 Å². The van der Waals surface area contributed by atoms with Crippen LogP contribution >= 0.6 is 0 Å². The van der Waals surface area contributed by atoms with Crippen LogP contribution in [0.25, 0.3) is 0 Å². The molecule has 1 aromatic heterocycles. The zero-order valence-corrected chi connectivity index (χ0v) is 7.42. The molecular formula is C10H14NO. The molecule has 1 heterocycles. The van der Waals surface area contributed by atoms with Gasteiger partial charge in [-0.25, -0.2) is 0 Å². The molecule has 1 unspecified atom stereocenters. The quantitative estimate of drug-likeness (QED) is 0.637. The molecular weight excluding hydrogens is 150 g/mol. The molecule has 1 radical (unpaired) electrons. The summed E-state index contributed by atoms with van der Waals surface area (Å²) in [6.45, 7) is 2.25. The molecule has 1 atom stereocenters. The van der Waals surface area contributed by atoms with Crippen molar-refractivity contribution in [2.45, 2.75) is 38.5 Å². The van der Waals surface area contributed by atoms with E-state index in [1.54, 1.807) is 12.2 Å². The lowest BCUT2D eigenvalue weighted by atomic mass is 9.77. The summed E-state index contributed by atoms with van der Waals surface area (Å²) in [6, 6.07) is 0. The molecule has 0 aromatic carbocycles. The first-order valence-corrected chi connectivity index (χ1v) is 4.59. The third-order valence-corrected chi connectivity index (χ3v) is 2.76. The Kier molecular flexibility index (Phi) is 2.15. The van der Waals surface area contributed by atoms with Gasteiger partial charge in [-0.1, -0.05) is 24.9 Å². The van der Waals surface area contributed by atoms with Gasteiger partial charge in [0.05, 0.1) is 6.20 Å². The summed E-state index contributed by atoms with van der Waals surface area (Å²) in [7, 11) is 0. The van der Waals surface area contributed by atoms with E-state index in [2.05, 4.69) is 12.1 Å². The fourth-order valence-electron chi connectivity index (χ4n) is 2.01. The molecule has 0 N–H and O–H groups in total. The fourth-order valence-corrected chi connectivity index (χ4v) is 2.01. The minimum atomic E-state index is 0.616. The number of hydrogen-bond donors (Lipinski definition) is 0. The zero-order chi connectivity index (χ0) is 8.39. The Morgan fingerprint density at radius 1 is 1.50 bits per heavy atom. The zero-order valence-electron chi connectivity index (χ0n) is 7.42. The van der Waals surface area contributed by atoms with Crippen molar-refractivity contribution in [3.63, 3.8) is 0 Å². The Bertz CT molecular complexity index is 230. The summed E-state index contributed by atoms with van der Waals surface area (Å²) in [5.74, 6) is 2.20. The Hall–Kier alpha value is -0.790. The third-order valence-electron chi connectivity index (χ3n) is 2.76. The SMILES string of the molecule is C[C]1CCCCC1c1cnoc1. The van der Waals surface area contributed by atoms with E-state index >= 15 is 0 Å². The molecule has 2 nitrogen and oxygen atoms in total. The molecule has 0 amide bonds. The Morgan fingerprint density at radius 3 is 3.08 bits per heavy atom. The van der Waals surface area contributed by atoms with Crippen LogP contribution in [0.4, 0.5) is 0 Å². The van der Waals surface area contributed by atoms with Gasteiger partial charge in [0.1, 0.15) is 6.26 Å². The van der Waals surface area contributed by atoms with E-state index < -0.39 is 0 Å². The van der Waals surface area contributed by atoms with Gasteiger partial charge in [0.2, 0.25) is 0 Å². The van der Waals surface area contributed by atoms with Crippen LogP contribution in [-0.2, 0) is 0 Å². The van der Waals surface area contributed by atoms with Crippen LogP contribution in [0.15, 0.2) is 17.0 Å². The number of rotatable bonds is 1. The van der Waals surface area contributed by atoms with E-state index in [1.165, 1.54) is 31.2 Å². The first kappa shape index (κ1) is 7.84. The van der Waals surface area contributed by atoms with E-state index in [0.29, 0.717) is 5.92 Å². The van der Waals surface area contributed by atoms with Gasteiger partial charge in [-0.05, 0) is 24.7 Å². The van der Waals surface area contributed by atoms with Gasteiger partial charge >= 0.3 is 0 Å². The van der Waals surface area contributed by atoms with Crippen molar-refractivity contribution in [3.05, 3.63) is 23.9 Å². The molecule has 1 aliphatic rings. The van der Waals surface area contributed by atoms with E-state index in [9.17, 15) is 0 Å². The van der Waals surface area contributed by atoms with Gasteiger partial charge < -0.3 is 4.52 Å². The molecule has 1 aliphatic carbocycles. The third kappa shape index (κ3) is 1.38. The van der Waals surface area contributed by atoms with Gasteiger partial charge in [-0.15, -0.1) is 0 Å². The highest BCUT2D eigenvalue weighted by molar-refractivity contribution is 5.19. The molecule has 0 bridgehead atoms. The van der Waals surface area contributed by atoms with E-state index in [-0.39, 0.29) is 0 Å². The average molecular weight is 164 g/mol. The van der Waals surface area contributed by atoms with Crippen molar-refractivity contribution in [2.75, 3.05) is 0 Å². The summed E-state index contributed by atoms with van der Waals surface area (Å²) in [5.41, 5.74) is 1.26. The summed E-state index contributed by atoms with van der Waals surface area (Å²) in [6.07, 6.45) is 8.86. The van der Waals surface area contributed by atoms with Crippen LogP contribution in [0.1, 0.15) is 44.1 Å². The smallest absolute Gasteiger partial charge is 0.127 e. The largest absolute Gasteiger partial charge is 0.364 e. The normalized spacial score (nSPS) is 25.9. The molecule has 1 fully saturated rings. The maximum Gasteiger partial charge on any atom is 0.127 e. The van der Waals surface area contributed by atoms with E-state index in [0.717, 1.165) is 0 Å². The first-order chi connectivity index (χ1) is 5.88. The predicted octanol–water partition coefficient (Wildman–Crippen LogP) is 2.93. The maximum atomic E-state index is 4.85. The van der Waals surface area contributed by atoms with Crippen molar-refractivity contribution in [2.24, 2.45) is 0 Å². The van der Waals surface area contributed by atoms with Gasteiger partial charge in [0, 0.05) is 5.56 Å². The minimum Gasteiger partial charge on any atom is -0.364 e. The highest BCUT2D eigenvalue weighted by Gasteiger charge is 2.24. The standard InChI is InChI=1S/C10H14NO/c1-8-4-2-3-5-10(8)9-6-11-12-7-9/h6-7,10H,2-5H2,1H3. The van der Waals surface area contributed by atoms with Crippen LogP contribution in [0.2, 0.25) is 0 Å². The lowest BCUT2D eigenvalue weighted by Crippen LogP contribution is -2.12.